The van der Waals surface area contributed by atoms with Crippen molar-refractivity contribution in [3.05, 3.63) is 200 Å². The minimum absolute atomic E-state index is 0.960. The van der Waals surface area contributed by atoms with Crippen LogP contribution in [0, 0.1) is 0 Å². The molecule has 0 aliphatic heterocycles. The molecule has 0 atom stereocenters. The highest BCUT2D eigenvalue weighted by molar-refractivity contribution is 6.16. The molecule has 9 aromatic rings. The first-order chi connectivity index (χ1) is 24.8. The zero-order valence-corrected chi connectivity index (χ0v) is 27.4. The van der Waals surface area contributed by atoms with Crippen LogP contribution in [0.15, 0.2) is 200 Å². The molecular formula is C47H33N3. The van der Waals surface area contributed by atoms with Gasteiger partial charge < -0.3 is 9.47 Å². The van der Waals surface area contributed by atoms with E-state index >= 15 is 0 Å². The summed E-state index contributed by atoms with van der Waals surface area (Å²) in [6.45, 7) is 0. The molecule has 0 spiro atoms. The topological polar surface area (TPSA) is 21.1 Å². The van der Waals surface area contributed by atoms with Crippen molar-refractivity contribution in [3.8, 4) is 39.2 Å². The fraction of sp³-hybridized carbons (Fsp3) is 0. The summed E-state index contributed by atoms with van der Waals surface area (Å²) in [6, 6.07) is 69.1. The number of nitrogens with zero attached hydrogens (tertiary/aromatic N) is 3. The highest BCUT2D eigenvalue weighted by Gasteiger charge is 2.21. The second-order valence-electron chi connectivity index (χ2n) is 12.5. The molecule has 2 aromatic heterocycles. The largest absolute Gasteiger partial charge is 0.310 e. The molecule has 9 rings (SSSR count). The van der Waals surface area contributed by atoms with Crippen LogP contribution in [0.4, 0.5) is 17.1 Å². The molecule has 0 radical (unpaired) electrons. The molecule has 50 heavy (non-hydrogen) atoms. The molecular weight excluding hydrogens is 607 g/mol. The summed E-state index contributed by atoms with van der Waals surface area (Å²) in [7, 11) is 0. The van der Waals surface area contributed by atoms with Gasteiger partial charge in [-0.2, -0.15) is 0 Å². The average molecular weight is 640 g/mol. The molecule has 236 valence electrons. The average Bonchev–Trinajstić information content (AvgIpc) is 3.55. The minimum Gasteiger partial charge on any atom is -0.310 e. The number of aromatic nitrogens is 2. The van der Waals surface area contributed by atoms with Gasteiger partial charge in [0, 0.05) is 39.6 Å². The van der Waals surface area contributed by atoms with E-state index in [1.807, 2.05) is 18.3 Å². The van der Waals surface area contributed by atoms with Crippen LogP contribution >= 0.6 is 0 Å². The van der Waals surface area contributed by atoms with E-state index in [9.17, 15) is 0 Å². The van der Waals surface area contributed by atoms with Crippen molar-refractivity contribution >= 4 is 38.9 Å². The Balaban J connectivity index is 1.17. The molecule has 0 saturated carbocycles. The highest BCUT2D eigenvalue weighted by Crippen LogP contribution is 2.44. The first-order valence-electron chi connectivity index (χ1n) is 17.0. The number of rotatable bonds is 7. The Hall–Kier alpha value is -6.71. The molecule has 0 unspecified atom stereocenters. The van der Waals surface area contributed by atoms with Crippen molar-refractivity contribution in [1.82, 2.24) is 9.55 Å². The zero-order valence-electron chi connectivity index (χ0n) is 27.4. The van der Waals surface area contributed by atoms with Crippen LogP contribution in [0.3, 0.4) is 0 Å². The van der Waals surface area contributed by atoms with Gasteiger partial charge in [0.25, 0.3) is 0 Å². The first kappa shape index (κ1) is 29.4. The number of pyridine rings is 1. The zero-order chi connectivity index (χ0) is 33.3. The van der Waals surface area contributed by atoms with Gasteiger partial charge in [-0.25, -0.2) is 0 Å². The van der Waals surface area contributed by atoms with Crippen LogP contribution in [0.2, 0.25) is 0 Å². The number of hydrogen-bond acceptors (Lipinski definition) is 2. The lowest BCUT2D eigenvalue weighted by molar-refractivity contribution is 1.18. The van der Waals surface area contributed by atoms with Gasteiger partial charge in [0.05, 0.1) is 22.4 Å². The summed E-state index contributed by atoms with van der Waals surface area (Å²) in [5.41, 5.74) is 13.6. The third kappa shape index (κ3) is 5.32. The van der Waals surface area contributed by atoms with E-state index in [1.54, 1.807) is 0 Å². The summed E-state index contributed by atoms with van der Waals surface area (Å²) in [5.74, 6) is 0. The summed E-state index contributed by atoms with van der Waals surface area (Å²) < 4.78 is 2.38. The van der Waals surface area contributed by atoms with Crippen molar-refractivity contribution in [2.75, 3.05) is 4.90 Å². The Kier molecular flexibility index (Phi) is 7.49. The predicted octanol–water partition coefficient (Wildman–Crippen LogP) is 12.6. The number of para-hydroxylation sites is 2. The van der Waals surface area contributed by atoms with Crippen LogP contribution in [-0.4, -0.2) is 9.55 Å². The number of anilines is 3. The predicted molar refractivity (Wildman–Crippen MR) is 210 cm³/mol. The van der Waals surface area contributed by atoms with Gasteiger partial charge in [-0.3, -0.25) is 4.98 Å². The van der Waals surface area contributed by atoms with Crippen molar-refractivity contribution in [2.45, 2.75) is 0 Å². The van der Waals surface area contributed by atoms with Gasteiger partial charge in [-0.1, -0.05) is 127 Å². The minimum atomic E-state index is 0.960. The van der Waals surface area contributed by atoms with E-state index in [0.29, 0.717) is 0 Å². The van der Waals surface area contributed by atoms with Crippen LogP contribution in [0.1, 0.15) is 0 Å². The lowest BCUT2D eigenvalue weighted by atomic mass is 10.00. The van der Waals surface area contributed by atoms with E-state index in [0.717, 1.165) is 45.0 Å². The second-order valence-corrected chi connectivity index (χ2v) is 12.5. The number of hydrogen-bond donors (Lipinski definition) is 0. The first-order valence-corrected chi connectivity index (χ1v) is 17.0. The maximum absolute atomic E-state index is 4.63. The van der Waals surface area contributed by atoms with E-state index in [2.05, 4.69) is 196 Å². The number of benzene rings is 7. The van der Waals surface area contributed by atoms with Gasteiger partial charge >= 0.3 is 0 Å². The lowest BCUT2D eigenvalue weighted by Gasteiger charge is -2.26. The summed E-state index contributed by atoms with van der Waals surface area (Å²) in [5, 5.41) is 2.41. The Labute approximate surface area is 292 Å². The fourth-order valence-electron chi connectivity index (χ4n) is 7.10. The van der Waals surface area contributed by atoms with E-state index in [-0.39, 0.29) is 0 Å². The molecule has 3 heteroatoms. The van der Waals surface area contributed by atoms with Gasteiger partial charge in [-0.05, 0) is 89.0 Å². The third-order valence-corrected chi connectivity index (χ3v) is 9.45. The van der Waals surface area contributed by atoms with Crippen LogP contribution in [-0.2, 0) is 0 Å². The molecule has 0 N–H and O–H groups in total. The Bertz CT molecular complexity index is 2550. The lowest BCUT2D eigenvalue weighted by Crippen LogP contribution is -2.10. The molecule has 0 bridgehead atoms. The molecule has 0 amide bonds. The molecule has 0 saturated heterocycles. The van der Waals surface area contributed by atoms with Gasteiger partial charge in [0.1, 0.15) is 0 Å². The molecule has 7 aromatic carbocycles. The maximum Gasteiger partial charge on any atom is 0.0702 e. The highest BCUT2D eigenvalue weighted by atomic mass is 15.1. The number of fused-ring (bicyclic) bond motifs is 3. The molecule has 0 aliphatic rings. The molecule has 2 heterocycles. The van der Waals surface area contributed by atoms with Crippen molar-refractivity contribution in [2.24, 2.45) is 0 Å². The Morgan fingerprint density at radius 1 is 0.400 bits per heavy atom. The molecule has 0 fully saturated rings. The Morgan fingerprint density at radius 3 is 1.68 bits per heavy atom. The quantitative estimate of drug-likeness (QED) is 0.173. The molecule has 0 aliphatic carbocycles. The van der Waals surface area contributed by atoms with Crippen LogP contribution in [0.25, 0.3) is 61.0 Å². The van der Waals surface area contributed by atoms with Gasteiger partial charge in [0.2, 0.25) is 0 Å². The third-order valence-electron chi connectivity index (χ3n) is 9.45. The van der Waals surface area contributed by atoms with Crippen LogP contribution < -0.4 is 4.90 Å². The summed E-state index contributed by atoms with van der Waals surface area (Å²) >= 11 is 0. The van der Waals surface area contributed by atoms with Gasteiger partial charge in [0.15, 0.2) is 0 Å². The SMILES string of the molecule is c1ccc(-c2ccc(-c3ccc(N(c4ccccc4)c4cccc5c4c4ccccc4n5-c4cccc(-c5ccccn5)c4)cc3)cc2)cc1. The Morgan fingerprint density at radius 2 is 0.960 bits per heavy atom. The van der Waals surface area contributed by atoms with E-state index in [1.165, 1.54) is 33.0 Å². The summed E-state index contributed by atoms with van der Waals surface area (Å²) in [4.78, 5) is 7.01. The standard InChI is InChI=1S/C47H33N3/c1-3-13-34(14-4-1)35-24-26-36(27-25-35)37-28-30-40(31-29-37)49(39-16-5-2-6-17-39)45-22-12-23-46-47(45)42-19-7-8-21-44(42)50(46)41-18-11-15-38(33-41)43-20-9-10-32-48-43/h1-33H. The van der Waals surface area contributed by atoms with E-state index < -0.39 is 0 Å². The van der Waals surface area contributed by atoms with E-state index in [4.69, 9.17) is 0 Å². The fourth-order valence-corrected chi connectivity index (χ4v) is 7.10. The summed E-state index contributed by atoms with van der Waals surface area (Å²) in [6.07, 6.45) is 1.85. The second kappa shape index (κ2) is 12.7. The molecule has 3 nitrogen and oxygen atoms in total. The normalized spacial score (nSPS) is 11.2. The van der Waals surface area contributed by atoms with Crippen molar-refractivity contribution < 1.29 is 0 Å². The smallest absolute Gasteiger partial charge is 0.0702 e. The van der Waals surface area contributed by atoms with Crippen molar-refractivity contribution in [1.29, 1.82) is 0 Å². The monoisotopic (exact) mass is 639 g/mol. The maximum atomic E-state index is 4.63. The van der Waals surface area contributed by atoms with Crippen molar-refractivity contribution in [3.63, 3.8) is 0 Å². The van der Waals surface area contributed by atoms with Crippen LogP contribution in [0.5, 0.6) is 0 Å². The van der Waals surface area contributed by atoms with Gasteiger partial charge in [-0.15, -0.1) is 0 Å².